The first-order valence-corrected chi connectivity index (χ1v) is 6.85. The molecule has 0 aliphatic rings. The highest BCUT2D eigenvalue weighted by Crippen LogP contribution is 2.11. The molecular weight excluding hydrogens is 200 g/mol. The van der Waals surface area contributed by atoms with Gasteiger partial charge in [-0.3, -0.25) is 0 Å². The van der Waals surface area contributed by atoms with Crippen molar-refractivity contribution in [1.29, 1.82) is 0 Å². The molecule has 0 aromatic rings. The third-order valence-electron chi connectivity index (χ3n) is 1.54. The Morgan fingerprint density at radius 3 is 1.64 bits per heavy atom. The zero-order valence-electron chi connectivity index (χ0n) is 9.67. The van der Waals surface area contributed by atoms with Crippen molar-refractivity contribution >= 4 is 9.05 Å². The predicted molar refractivity (Wildman–Crippen MR) is 56.9 cm³/mol. The molecule has 0 aliphatic heterocycles. The quantitative estimate of drug-likeness (QED) is 0.559. The van der Waals surface area contributed by atoms with Gasteiger partial charge in [0.25, 0.3) is 0 Å². The first-order valence-electron chi connectivity index (χ1n) is 5.21. The van der Waals surface area contributed by atoms with E-state index in [9.17, 15) is 0 Å². The van der Waals surface area contributed by atoms with Gasteiger partial charge >= 0.3 is 9.05 Å². The van der Waals surface area contributed by atoms with Crippen LogP contribution in [0.1, 0.15) is 33.6 Å². The van der Waals surface area contributed by atoms with Gasteiger partial charge in [0.2, 0.25) is 0 Å². The zero-order chi connectivity index (χ0) is 10.9. The lowest BCUT2D eigenvalue weighted by Crippen LogP contribution is -2.48. The summed E-state index contributed by atoms with van der Waals surface area (Å²) in [6.07, 6.45) is 1.86. The van der Waals surface area contributed by atoms with Crippen LogP contribution in [0.3, 0.4) is 0 Å². The Bertz CT molecular complexity index is 124. The summed E-state index contributed by atoms with van der Waals surface area (Å²) in [7, 11) is -1.23. The summed E-state index contributed by atoms with van der Waals surface area (Å²) in [6.45, 7) is 7.77. The second-order valence-corrected chi connectivity index (χ2v) is 5.11. The van der Waals surface area contributed by atoms with Crippen molar-refractivity contribution in [3.8, 4) is 0 Å². The highest BCUT2D eigenvalue weighted by atomic mass is 28.4. The van der Waals surface area contributed by atoms with Crippen LogP contribution in [0.2, 0.25) is 0 Å². The van der Waals surface area contributed by atoms with E-state index in [1.807, 2.05) is 20.8 Å². The van der Waals surface area contributed by atoms with E-state index in [4.69, 9.17) is 17.7 Å². The molecule has 0 N–H and O–H groups in total. The Labute approximate surface area is 88.0 Å². The fourth-order valence-corrected chi connectivity index (χ4v) is 2.80. The van der Waals surface area contributed by atoms with Crippen molar-refractivity contribution in [2.45, 2.75) is 33.6 Å². The van der Waals surface area contributed by atoms with Crippen molar-refractivity contribution in [2.24, 2.45) is 0 Å². The maximum atomic E-state index is 5.54. The molecule has 0 bridgehead atoms. The van der Waals surface area contributed by atoms with Crippen molar-refractivity contribution in [3.63, 3.8) is 0 Å². The van der Waals surface area contributed by atoms with E-state index < -0.39 is 9.05 Å². The predicted octanol–water partition coefficient (Wildman–Crippen LogP) is 1.96. The van der Waals surface area contributed by atoms with E-state index in [-0.39, 0.29) is 0 Å². The van der Waals surface area contributed by atoms with E-state index in [0.717, 1.165) is 12.8 Å². The van der Waals surface area contributed by atoms with Gasteiger partial charge in [-0.05, 0) is 19.8 Å². The van der Waals surface area contributed by atoms with Gasteiger partial charge < -0.3 is 17.7 Å². The molecule has 0 heterocycles. The minimum atomic E-state index is -2.81. The molecule has 0 rings (SSSR count). The average molecular weight is 222 g/mol. The molecule has 86 valence electrons. The molecule has 4 nitrogen and oxygen atoms in total. The lowest BCUT2D eigenvalue weighted by molar-refractivity contribution is -0.0196. The molecule has 0 atom stereocenters. The third-order valence-corrected chi connectivity index (χ3v) is 3.79. The van der Waals surface area contributed by atoms with Gasteiger partial charge in [0.15, 0.2) is 0 Å². The summed E-state index contributed by atoms with van der Waals surface area (Å²) in [5, 5.41) is 0. The molecule has 0 amide bonds. The molecule has 0 unspecified atom stereocenters. The van der Waals surface area contributed by atoms with Gasteiger partial charge in [-0.2, -0.15) is 0 Å². The summed E-state index contributed by atoms with van der Waals surface area (Å²) in [6, 6.07) is 0. The van der Waals surface area contributed by atoms with E-state index in [1.165, 1.54) is 0 Å². The van der Waals surface area contributed by atoms with Crippen LogP contribution in [0.25, 0.3) is 0 Å². The Morgan fingerprint density at radius 2 is 1.36 bits per heavy atom. The standard InChI is InChI=1S/C9H22O4Si/c1-5-8-12-14(10-4,11-7-3)13-9-6-2/h5-9H2,1-4H3. The SMILES string of the molecule is CCCO[Si](OC)(OCC)OCCC. The largest absolute Gasteiger partial charge is 0.679 e. The zero-order valence-corrected chi connectivity index (χ0v) is 10.7. The first-order chi connectivity index (χ1) is 6.74. The maximum Gasteiger partial charge on any atom is 0.679 e. The molecule has 0 spiro atoms. The molecule has 0 saturated carbocycles. The van der Waals surface area contributed by atoms with Crippen LogP contribution in [-0.4, -0.2) is 36.0 Å². The Morgan fingerprint density at radius 1 is 0.857 bits per heavy atom. The lowest BCUT2D eigenvalue weighted by Gasteiger charge is -2.25. The smallest absolute Gasteiger partial charge is 0.355 e. The van der Waals surface area contributed by atoms with Crippen molar-refractivity contribution < 1.29 is 17.7 Å². The third kappa shape index (κ3) is 5.07. The highest BCUT2D eigenvalue weighted by Gasteiger charge is 2.43. The number of rotatable bonds is 9. The summed E-state index contributed by atoms with van der Waals surface area (Å²) in [5.41, 5.74) is 0. The Balaban J connectivity index is 4.11. The Hall–Kier alpha value is 0.0569. The highest BCUT2D eigenvalue weighted by molar-refractivity contribution is 6.53. The van der Waals surface area contributed by atoms with Gasteiger partial charge in [0, 0.05) is 26.9 Å². The molecule has 0 aromatic heterocycles. The van der Waals surface area contributed by atoms with E-state index in [0.29, 0.717) is 19.8 Å². The van der Waals surface area contributed by atoms with Crippen molar-refractivity contribution in [2.75, 3.05) is 26.9 Å². The van der Waals surface area contributed by atoms with E-state index >= 15 is 0 Å². The number of hydrogen-bond donors (Lipinski definition) is 0. The first kappa shape index (κ1) is 14.1. The summed E-state index contributed by atoms with van der Waals surface area (Å²) < 4.78 is 21.8. The van der Waals surface area contributed by atoms with Gasteiger partial charge in [-0.25, -0.2) is 0 Å². The second-order valence-electron chi connectivity index (χ2n) is 2.83. The molecule has 0 fully saturated rings. The van der Waals surface area contributed by atoms with Crippen molar-refractivity contribution in [3.05, 3.63) is 0 Å². The maximum absolute atomic E-state index is 5.54. The van der Waals surface area contributed by atoms with Gasteiger partial charge in [0.1, 0.15) is 0 Å². The van der Waals surface area contributed by atoms with Crippen LogP contribution >= 0.6 is 0 Å². The molecule has 0 saturated heterocycles. The molecule has 0 aliphatic carbocycles. The molecule has 14 heavy (non-hydrogen) atoms. The van der Waals surface area contributed by atoms with E-state index in [1.54, 1.807) is 7.11 Å². The van der Waals surface area contributed by atoms with Gasteiger partial charge in [0.05, 0.1) is 0 Å². The van der Waals surface area contributed by atoms with Crippen LogP contribution in [0.15, 0.2) is 0 Å². The minimum absolute atomic E-state index is 0.549. The number of hydrogen-bond acceptors (Lipinski definition) is 4. The average Bonchev–Trinajstić information content (AvgIpc) is 2.22. The molecule has 5 heteroatoms. The lowest BCUT2D eigenvalue weighted by atomic mass is 10.5. The van der Waals surface area contributed by atoms with Crippen LogP contribution < -0.4 is 0 Å². The summed E-state index contributed by atoms with van der Waals surface area (Å²) in [4.78, 5) is 0. The topological polar surface area (TPSA) is 36.9 Å². The summed E-state index contributed by atoms with van der Waals surface area (Å²) >= 11 is 0. The van der Waals surface area contributed by atoms with Crippen LogP contribution in [0, 0.1) is 0 Å². The Kier molecular flexibility index (Phi) is 8.41. The van der Waals surface area contributed by atoms with Crippen LogP contribution in [-0.2, 0) is 17.7 Å². The van der Waals surface area contributed by atoms with Crippen LogP contribution in [0.5, 0.6) is 0 Å². The summed E-state index contributed by atoms with van der Waals surface area (Å²) in [5.74, 6) is 0. The van der Waals surface area contributed by atoms with Crippen molar-refractivity contribution in [1.82, 2.24) is 0 Å². The normalized spacial score (nSPS) is 12.0. The fraction of sp³-hybridized carbons (Fsp3) is 1.00. The minimum Gasteiger partial charge on any atom is -0.355 e. The van der Waals surface area contributed by atoms with E-state index in [2.05, 4.69) is 0 Å². The van der Waals surface area contributed by atoms with Gasteiger partial charge in [-0.15, -0.1) is 0 Å². The molecule has 0 aromatic carbocycles. The second kappa shape index (κ2) is 8.37. The van der Waals surface area contributed by atoms with Crippen LogP contribution in [0.4, 0.5) is 0 Å². The van der Waals surface area contributed by atoms with Gasteiger partial charge in [-0.1, -0.05) is 13.8 Å². The fourth-order valence-electron chi connectivity index (χ4n) is 0.933. The molecule has 0 radical (unpaired) electrons. The monoisotopic (exact) mass is 222 g/mol. The molecular formula is C9H22O4Si.